The molecule has 0 aliphatic rings. The van der Waals surface area contributed by atoms with Gasteiger partial charge in [0.25, 0.3) is 5.91 Å². The minimum Gasteiger partial charge on any atom is -0.480 e. The zero-order chi connectivity index (χ0) is 15.1. The van der Waals surface area contributed by atoms with Gasteiger partial charge in [-0.2, -0.15) is 0 Å². The van der Waals surface area contributed by atoms with Gasteiger partial charge >= 0.3 is 5.97 Å². The summed E-state index contributed by atoms with van der Waals surface area (Å²) in [6, 6.07) is 5.66. The Kier molecular flexibility index (Phi) is 6.05. The largest absolute Gasteiger partial charge is 0.480 e. The first-order valence-corrected chi connectivity index (χ1v) is 7.12. The molecule has 0 radical (unpaired) electrons. The maximum Gasteiger partial charge on any atom is 0.326 e. The molecule has 1 rings (SSSR count). The fourth-order valence-corrected chi connectivity index (χ4v) is 1.94. The van der Waals surface area contributed by atoms with Crippen molar-refractivity contribution in [2.24, 2.45) is 5.73 Å². The Bertz CT molecular complexity index is 502. The van der Waals surface area contributed by atoms with Crippen molar-refractivity contribution in [2.75, 3.05) is 6.26 Å². The van der Waals surface area contributed by atoms with Gasteiger partial charge in [-0.15, -0.1) is 11.8 Å². The number of nitrogens with one attached hydrogen (secondary N) is 1. The number of carbonyl (C=O) groups excluding carboxylic acids is 2. The number of carbonyl (C=O) groups is 3. The minimum absolute atomic E-state index is 0.0285. The molecule has 1 unspecified atom stereocenters. The molecule has 6 nitrogen and oxygen atoms in total. The normalized spacial score (nSPS) is 11.7. The highest BCUT2D eigenvalue weighted by molar-refractivity contribution is 7.98. The Labute approximate surface area is 120 Å². The molecule has 4 N–H and O–H groups in total. The minimum atomic E-state index is -1.19. The summed E-state index contributed by atoms with van der Waals surface area (Å²) >= 11 is 1.54. The number of thioether (sulfide) groups is 1. The number of amides is 2. The molecular formula is C13H16N2O4S. The van der Waals surface area contributed by atoms with Gasteiger partial charge in [-0.25, -0.2) is 4.79 Å². The van der Waals surface area contributed by atoms with Crippen LogP contribution in [0.25, 0.3) is 0 Å². The lowest BCUT2D eigenvalue weighted by atomic mass is 10.1. The Hall–Kier alpha value is -2.02. The molecule has 108 valence electrons. The van der Waals surface area contributed by atoms with Crippen LogP contribution in [0.5, 0.6) is 0 Å². The second-order valence-corrected chi connectivity index (χ2v) is 4.98. The van der Waals surface area contributed by atoms with Crippen LogP contribution in [0.1, 0.15) is 23.2 Å². The third-order valence-corrected chi connectivity index (χ3v) is 3.38. The van der Waals surface area contributed by atoms with E-state index in [0.717, 1.165) is 4.90 Å². The highest BCUT2D eigenvalue weighted by Crippen LogP contribution is 2.15. The van der Waals surface area contributed by atoms with Gasteiger partial charge in [0.05, 0.1) is 0 Å². The average Bonchev–Trinajstić information content (AvgIpc) is 2.42. The van der Waals surface area contributed by atoms with Crippen molar-refractivity contribution in [1.29, 1.82) is 0 Å². The molecule has 1 aromatic carbocycles. The first kappa shape index (κ1) is 16.0. The summed E-state index contributed by atoms with van der Waals surface area (Å²) in [5, 5.41) is 11.4. The average molecular weight is 296 g/mol. The standard InChI is InChI=1S/C13H16N2O4S/c1-20-9-4-2-8(3-5-9)12(17)15-10(13(18)19)6-7-11(14)16/h2-5,10H,6-7H2,1H3,(H2,14,16)(H,15,17)(H,18,19). The van der Waals surface area contributed by atoms with Gasteiger partial charge in [-0.1, -0.05) is 0 Å². The fourth-order valence-electron chi connectivity index (χ4n) is 1.53. The van der Waals surface area contributed by atoms with Gasteiger partial charge in [0.15, 0.2) is 0 Å². The molecule has 0 bridgehead atoms. The summed E-state index contributed by atoms with van der Waals surface area (Å²) in [5.41, 5.74) is 5.34. The van der Waals surface area contributed by atoms with Crippen molar-refractivity contribution in [3.63, 3.8) is 0 Å². The van der Waals surface area contributed by atoms with Gasteiger partial charge in [0.2, 0.25) is 5.91 Å². The Morgan fingerprint density at radius 3 is 2.35 bits per heavy atom. The molecule has 0 saturated carbocycles. The van der Waals surface area contributed by atoms with E-state index in [0.29, 0.717) is 5.56 Å². The van der Waals surface area contributed by atoms with Gasteiger partial charge in [0.1, 0.15) is 6.04 Å². The maximum atomic E-state index is 11.9. The smallest absolute Gasteiger partial charge is 0.326 e. The predicted molar refractivity (Wildman–Crippen MR) is 75.5 cm³/mol. The molecule has 0 aliphatic heterocycles. The molecule has 0 saturated heterocycles. The second-order valence-electron chi connectivity index (χ2n) is 4.10. The number of rotatable bonds is 7. The van der Waals surface area contributed by atoms with Gasteiger partial charge in [-0.3, -0.25) is 9.59 Å². The lowest BCUT2D eigenvalue weighted by Gasteiger charge is -2.13. The Balaban J connectivity index is 2.69. The molecule has 1 aromatic rings. The lowest BCUT2D eigenvalue weighted by molar-refractivity contribution is -0.139. The highest BCUT2D eigenvalue weighted by atomic mass is 32.2. The predicted octanol–water partition coefficient (Wildman–Crippen LogP) is 0.857. The van der Waals surface area contributed by atoms with E-state index in [4.69, 9.17) is 10.8 Å². The number of aliphatic carboxylic acids is 1. The highest BCUT2D eigenvalue weighted by Gasteiger charge is 2.21. The van der Waals surface area contributed by atoms with Crippen molar-refractivity contribution in [2.45, 2.75) is 23.8 Å². The first-order valence-electron chi connectivity index (χ1n) is 5.90. The number of hydrogen-bond acceptors (Lipinski definition) is 4. The number of carboxylic acid groups (broad SMARTS) is 1. The molecule has 20 heavy (non-hydrogen) atoms. The van der Waals surface area contributed by atoms with Crippen LogP contribution >= 0.6 is 11.8 Å². The summed E-state index contributed by atoms with van der Waals surface area (Å²) < 4.78 is 0. The van der Waals surface area contributed by atoms with Crippen LogP contribution in [0.4, 0.5) is 0 Å². The van der Waals surface area contributed by atoms with E-state index in [1.165, 1.54) is 0 Å². The van der Waals surface area contributed by atoms with E-state index in [1.807, 2.05) is 6.26 Å². The van der Waals surface area contributed by atoms with Crippen LogP contribution in [-0.2, 0) is 9.59 Å². The van der Waals surface area contributed by atoms with Gasteiger partial charge in [-0.05, 0) is 36.9 Å². The zero-order valence-corrected chi connectivity index (χ0v) is 11.8. The van der Waals surface area contributed by atoms with Crippen LogP contribution in [-0.4, -0.2) is 35.2 Å². The number of benzene rings is 1. The van der Waals surface area contributed by atoms with Crippen LogP contribution in [0.15, 0.2) is 29.2 Å². The summed E-state index contributed by atoms with van der Waals surface area (Å²) in [4.78, 5) is 34.6. The van der Waals surface area contributed by atoms with E-state index >= 15 is 0 Å². The van der Waals surface area contributed by atoms with Crippen molar-refractivity contribution >= 4 is 29.5 Å². The van der Waals surface area contributed by atoms with Crippen molar-refractivity contribution in [3.05, 3.63) is 29.8 Å². The molecule has 0 aromatic heterocycles. The summed E-state index contributed by atoms with van der Waals surface area (Å²) in [6.07, 6.45) is 1.79. The monoisotopic (exact) mass is 296 g/mol. The third-order valence-electron chi connectivity index (χ3n) is 2.64. The van der Waals surface area contributed by atoms with Crippen LogP contribution < -0.4 is 11.1 Å². The van der Waals surface area contributed by atoms with E-state index in [9.17, 15) is 14.4 Å². The van der Waals surface area contributed by atoms with Crippen LogP contribution in [0.3, 0.4) is 0 Å². The topological polar surface area (TPSA) is 109 Å². The molecule has 0 heterocycles. The molecule has 1 atom stereocenters. The van der Waals surface area contributed by atoms with Gasteiger partial charge in [0, 0.05) is 16.9 Å². The molecular weight excluding hydrogens is 280 g/mol. The number of hydrogen-bond donors (Lipinski definition) is 3. The van der Waals surface area contributed by atoms with Crippen LogP contribution in [0.2, 0.25) is 0 Å². The number of nitrogens with two attached hydrogens (primary N) is 1. The van der Waals surface area contributed by atoms with E-state index in [-0.39, 0.29) is 12.8 Å². The molecule has 7 heteroatoms. The fraction of sp³-hybridized carbons (Fsp3) is 0.308. The van der Waals surface area contributed by atoms with E-state index < -0.39 is 23.8 Å². The maximum absolute atomic E-state index is 11.9. The number of carboxylic acids is 1. The Morgan fingerprint density at radius 2 is 1.90 bits per heavy atom. The van der Waals surface area contributed by atoms with Crippen molar-refractivity contribution in [3.8, 4) is 0 Å². The number of primary amides is 1. The molecule has 0 aliphatic carbocycles. The summed E-state index contributed by atoms with van der Waals surface area (Å²) in [5.74, 6) is -2.29. The zero-order valence-electron chi connectivity index (χ0n) is 11.0. The SMILES string of the molecule is CSc1ccc(C(=O)NC(CCC(N)=O)C(=O)O)cc1. The molecule has 0 spiro atoms. The molecule has 0 fully saturated rings. The van der Waals surface area contributed by atoms with E-state index in [2.05, 4.69) is 5.32 Å². The second kappa shape index (κ2) is 7.54. The summed E-state index contributed by atoms with van der Waals surface area (Å²) in [7, 11) is 0. The lowest BCUT2D eigenvalue weighted by Crippen LogP contribution is -2.41. The van der Waals surface area contributed by atoms with Crippen molar-refractivity contribution in [1.82, 2.24) is 5.32 Å². The van der Waals surface area contributed by atoms with Crippen LogP contribution in [0, 0.1) is 0 Å². The van der Waals surface area contributed by atoms with Crippen molar-refractivity contribution < 1.29 is 19.5 Å². The Morgan fingerprint density at radius 1 is 1.30 bits per heavy atom. The third kappa shape index (κ3) is 4.93. The summed E-state index contributed by atoms with van der Waals surface area (Å²) in [6.45, 7) is 0. The molecule has 2 amide bonds. The quantitative estimate of drug-likeness (QED) is 0.646. The first-order chi connectivity index (χ1) is 9.43. The van der Waals surface area contributed by atoms with E-state index in [1.54, 1.807) is 36.0 Å². The van der Waals surface area contributed by atoms with Gasteiger partial charge < -0.3 is 16.2 Å².